The van der Waals surface area contributed by atoms with Crippen LogP contribution < -0.4 is 5.73 Å². The van der Waals surface area contributed by atoms with E-state index in [1.807, 2.05) is 17.0 Å². The van der Waals surface area contributed by atoms with Crippen molar-refractivity contribution in [2.75, 3.05) is 31.9 Å². The normalized spacial score (nSPS) is 16.2. The van der Waals surface area contributed by atoms with Crippen LogP contribution in [0.5, 0.6) is 0 Å². The van der Waals surface area contributed by atoms with Crippen molar-refractivity contribution in [1.82, 2.24) is 24.6 Å². The van der Waals surface area contributed by atoms with E-state index in [0.29, 0.717) is 29.6 Å². The summed E-state index contributed by atoms with van der Waals surface area (Å²) in [4.78, 5) is 21.0. The Morgan fingerprint density at radius 3 is 2.88 bits per heavy atom. The zero-order valence-electron chi connectivity index (χ0n) is 13.7. The minimum absolute atomic E-state index is 0.0669. The Bertz CT molecular complexity index is 712. The maximum absolute atomic E-state index is 12.7. The van der Waals surface area contributed by atoms with E-state index in [4.69, 9.17) is 17.3 Å². The van der Waals surface area contributed by atoms with Crippen LogP contribution in [-0.2, 0) is 13.6 Å². The van der Waals surface area contributed by atoms with E-state index in [-0.39, 0.29) is 5.91 Å². The Kier molecular flexibility index (Phi) is 5.01. The molecule has 0 aliphatic carbocycles. The summed E-state index contributed by atoms with van der Waals surface area (Å²) in [6.07, 6.45) is 4.10. The van der Waals surface area contributed by atoms with Gasteiger partial charge in [0.15, 0.2) is 0 Å². The smallest absolute Gasteiger partial charge is 0.273 e. The summed E-state index contributed by atoms with van der Waals surface area (Å²) in [6, 6.07) is 3.88. The molecule has 0 bridgehead atoms. The molecule has 1 saturated heterocycles. The van der Waals surface area contributed by atoms with Crippen LogP contribution in [0.1, 0.15) is 22.5 Å². The highest BCUT2D eigenvalue weighted by Gasteiger charge is 2.24. The van der Waals surface area contributed by atoms with Gasteiger partial charge >= 0.3 is 0 Å². The van der Waals surface area contributed by atoms with Crippen LogP contribution in [0, 0.1) is 0 Å². The average molecular weight is 349 g/mol. The van der Waals surface area contributed by atoms with E-state index < -0.39 is 0 Å². The minimum Gasteiger partial charge on any atom is -0.383 e. The number of aryl methyl sites for hydroxylation is 1. The van der Waals surface area contributed by atoms with Crippen molar-refractivity contribution in [1.29, 1.82) is 0 Å². The Morgan fingerprint density at radius 1 is 1.33 bits per heavy atom. The maximum Gasteiger partial charge on any atom is 0.273 e. The van der Waals surface area contributed by atoms with Gasteiger partial charge in [0, 0.05) is 51.5 Å². The Hall–Kier alpha value is -2.12. The summed E-state index contributed by atoms with van der Waals surface area (Å²) in [5.41, 5.74) is 7.39. The van der Waals surface area contributed by atoms with Crippen LogP contribution in [0.4, 0.5) is 5.82 Å². The molecule has 2 aromatic rings. The Morgan fingerprint density at radius 2 is 2.17 bits per heavy atom. The summed E-state index contributed by atoms with van der Waals surface area (Å²) >= 11 is 6.09. The first-order chi connectivity index (χ1) is 11.6. The molecule has 2 N–H and O–H groups in total. The zero-order valence-corrected chi connectivity index (χ0v) is 14.4. The summed E-state index contributed by atoms with van der Waals surface area (Å²) in [5.74, 6) is 0.499. The van der Waals surface area contributed by atoms with E-state index >= 15 is 0 Å². The number of rotatable bonds is 3. The first-order valence-electron chi connectivity index (χ1n) is 7.94. The van der Waals surface area contributed by atoms with Gasteiger partial charge in [-0.05, 0) is 12.5 Å². The molecule has 0 radical (unpaired) electrons. The molecule has 1 amide bonds. The molecule has 0 atom stereocenters. The number of aromatic nitrogens is 3. The monoisotopic (exact) mass is 348 g/mol. The second-order valence-corrected chi connectivity index (χ2v) is 6.34. The van der Waals surface area contributed by atoms with Crippen molar-refractivity contribution >= 4 is 23.3 Å². The molecule has 3 rings (SSSR count). The summed E-state index contributed by atoms with van der Waals surface area (Å²) < 4.78 is 1.53. The molecule has 7 nitrogen and oxygen atoms in total. The van der Waals surface area contributed by atoms with E-state index in [1.165, 1.54) is 10.9 Å². The highest BCUT2D eigenvalue weighted by molar-refractivity contribution is 6.33. The van der Waals surface area contributed by atoms with Crippen LogP contribution in [0.3, 0.4) is 0 Å². The topological polar surface area (TPSA) is 80.3 Å². The summed E-state index contributed by atoms with van der Waals surface area (Å²) in [7, 11) is 1.73. The van der Waals surface area contributed by atoms with Crippen molar-refractivity contribution in [3.8, 4) is 0 Å². The molecule has 3 heterocycles. The highest BCUT2D eigenvalue weighted by Crippen LogP contribution is 2.18. The Balaban J connectivity index is 1.65. The van der Waals surface area contributed by atoms with Gasteiger partial charge in [0.1, 0.15) is 11.5 Å². The maximum atomic E-state index is 12.7. The first kappa shape index (κ1) is 16.7. The van der Waals surface area contributed by atoms with E-state index in [9.17, 15) is 4.79 Å². The average Bonchev–Trinajstić information content (AvgIpc) is 2.76. The van der Waals surface area contributed by atoms with Gasteiger partial charge in [-0.15, -0.1) is 0 Å². The number of nitrogens with two attached hydrogens (primary N) is 1. The number of pyridine rings is 1. The molecule has 2 aromatic heterocycles. The molecule has 0 unspecified atom stereocenters. The number of amides is 1. The largest absolute Gasteiger partial charge is 0.383 e. The quantitative estimate of drug-likeness (QED) is 0.906. The van der Waals surface area contributed by atoms with Gasteiger partial charge in [-0.1, -0.05) is 17.7 Å². The third kappa shape index (κ3) is 3.52. The lowest BCUT2D eigenvalue weighted by atomic mass is 10.2. The van der Waals surface area contributed by atoms with Gasteiger partial charge < -0.3 is 10.6 Å². The molecule has 8 heteroatoms. The molecule has 0 spiro atoms. The van der Waals surface area contributed by atoms with Crippen molar-refractivity contribution in [3.63, 3.8) is 0 Å². The number of carbonyl (C=O) groups excluding carboxylic acids is 1. The van der Waals surface area contributed by atoms with Crippen molar-refractivity contribution < 1.29 is 4.79 Å². The lowest BCUT2D eigenvalue weighted by molar-refractivity contribution is 0.0750. The third-order valence-electron chi connectivity index (χ3n) is 4.29. The van der Waals surface area contributed by atoms with Crippen molar-refractivity contribution in [2.45, 2.75) is 13.0 Å². The van der Waals surface area contributed by atoms with Gasteiger partial charge in [0.2, 0.25) is 0 Å². The van der Waals surface area contributed by atoms with Crippen LogP contribution in [0.25, 0.3) is 0 Å². The first-order valence-corrected chi connectivity index (χ1v) is 8.32. The Labute approximate surface area is 146 Å². The van der Waals surface area contributed by atoms with E-state index in [1.54, 1.807) is 13.2 Å². The van der Waals surface area contributed by atoms with Gasteiger partial charge in [-0.3, -0.25) is 14.4 Å². The second kappa shape index (κ2) is 7.19. The summed E-state index contributed by atoms with van der Waals surface area (Å²) in [5, 5.41) is 4.44. The lowest BCUT2D eigenvalue weighted by Gasteiger charge is -2.22. The number of hydrogen-bond donors (Lipinski definition) is 1. The molecule has 1 aliphatic heterocycles. The van der Waals surface area contributed by atoms with E-state index in [0.717, 1.165) is 31.6 Å². The predicted octanol–water partition coefficient (Wildman–Crippen LogP) is 1.40. The molecule has 0 saturated carbocycles. The fraction of sp³-hybridized carbons (Fsp3) is 0.438. The van der Waals surface area contributed by atoms with Crippen LogP contribution >= 0.6 is 11.6 Å². The van der Waals surface area contributed by atoms with Gasteiger partial charge in [-0.25, -0.2) is 4.98 Å². The summed E-state index contributed by atoms with van der Waals surface area (Å²) in [6.45, 7) is 3.81. The van der Waals surface area contributed by atoms with Crippen molar-refractivity contribution in [2.24, 2.45) is 7.05 Å². The second-order valence-electron chi connectivity index (χ2n) is 5.93. The van der Waals surface area contributed by atoms with Gasteiger partial charge in [0.05, 0.1) is 11.2 Å². The number of anilines is 1. The minimum atomic E-state index is -0.0669. The lowest BCUT2D eigenvalue weighted by Crippen LogP contribution is -2.36. The number of carbonyl (C=O) groups is 1. The standard InChI is InChI=1S/C16H21ClN6O/c1-21-14(13(17)10-20-21)16(24)23-7-3-6-22(8-9-23)11-12-4-2-5-19-15(12)18/h2,4-5,10H,3,6-9,11H2,1H3,(H2,18,19). The molecule has 24 heavy (non-hydrogen) atoms. The van der Waals surface area contributed by atoms with E-state index in [2.05, 4.69) is 15.0 Å². The molecule has 0 aromatic carbocycles. The molecule has 1 aliphatic rings. The van der Waals surface area contributed by atoms with Crippen molar-refractivity contribution in [3.05, 3.63) is 40.8 Å². The number of halogens is 1. The number of hydrogen-bond acceptors (Lipinski definition) is 5. The predicted molar refractivity (Wildman–Crippen MR) is 92.7 cm³/mol. The highest BCUT2D eigenvalue weighted by atomic mass is 35.5. The van der Waals surface area contributed by atoms with Crippen LogP contribution in [0.15, 0.2) is 24.5 Å². The van der Waals surface area contributed by atoms with Crippen LogP contribution in [0.2, 0.25) is 5.02 Å². The van der Waals surface area contributed by atoms with Gasteiger partial charge in [0.25, 0.3) is 5.91 Å². The SMILES string of the molecule is Cn1ncc(Cl)c1C(=O)N1CCCN(Cc2cccnc2N)CC1. The fourth-order valence-electron chi connectivity index (χ4n) is 2.96. The zero-order chi connectivity index (χ0) is 17.1. The fourth-order valence-corrected chi connectivity index (χ4v) is 3.21. The third-order valence-corrected chi connectivity index (χ3v) is 4.57. The number of nitrogens with zero attached hydrogens (tertiary/aromatic N) is 5. The molecule has 128 valence electrons. The number of nitrogen functional groups attached to an aromatic ring is 1. The molecular weight excluding hydrogens is 328 g/mol. The molecule has 1 fully saturated rings. The van der Waals surface area contributed by atoms with Crippen LogP contribution in [-0.4, -0.2) is 56.7 Å². The molecular formula is C16H21ClN6O. The van der Waals surface area contributed by atoms with Gasteiger partial charge in [-0.2, -0.15) is 5.10 Å².